The molecule has 0 unspecified atom stereocenters. The maximum absolute atomic E-state index is 5.91. The topological polar surface area (TPSA) is 14.2 Å². The molecular weight excluding hydrogens is 258 g/mol. The van der Waals surface area contributed by atoms with Crippen molar-refractivity contribution in [1.29, 1.82) is 0 Å². The van der Waals surface area contributed by atoms with Crippen LogP contribution in [0.25, 0.3) is 16.5 Å². The number of nitrogens with zero attached hydrogens (tertiary/aromatic N) is 1. The maximum atomic E-state index is 5.91. The molecule has 1 heterocycles. The lowest BCUT2D eigenvalue weighted by molar-refractivity contribution is 0.303. The number of hydrogen-bond donors (Lipinski definition) is 0. The Kier molecular flexibility index (Phi) is 3.87. The molecule has 0 saturated heterocycles. The first-order chi connectivity index (χ1) is 10.2. The van der Waals surface area contributed by atoms with E-state index in [0.29, 0.717) is 0 Å². The standard InChI is InChI=1S/C19H23NO/c1-4-10-20-13-18(14(2)3)17-8-7-16(12-19(17)20)21-11-9-15-5-6-15/h4,7-8,12-13,15H,1-2,5-6,9-11H2,3H3. The van der Waals surface area contributed by atoms with Crippen molar-refractivity contribution in [2.24, 2.45) is 5.92 Å². The van der Waals surface area contributed by atoms with Gasteiger partial charge in [-0.3, -0.25) is 0 Å². The van der Waals surface area contributed by atoms with Crippen LogP contribution < -0.4 is 4.74 Å². The van der Waals surface area contributed by atoms with Crippen LogP contribution in [0.5, 0.6) is 5.75 Å². The Hall–Kier alpha value is -1.96. The molecule has 1 aliphatic rings. The first-order valence-electron chi connectivity index (χ1n) is 7.71. The summed E-state index contributed by atoms with van der Waals surface area (Å²) >= 11 is 0. The van der Waals surface area contributed by atoms with E-state index in [9.17, 15) is 0 Å². The monoisotopic (exact) mass is 281 g/mol. The van der Waals surface area contributed by atoms with Crippen LogP contribution in [0.15, 0.2) is 43.6 Å². The van der Waals surface area contributed by atoms with E-state index < -0.39 is 0 Å². The van der Waals surface area contributed by atoms with Crippen LogP contribution in [0.1, 0.15) is 31.7 Å². The predicted octanol–water partition coefficient (Wildman–Crippen LogP) is 5.04. The number of fused-ring (bicyclic) bond motifs is 1. The minimum atomic E-state index is 0.801. The first kappa shape index (κ1) is 14.0. The third kappa shape index (κ3) is 3.05. The van der Waals surface area contributed by atoms with Crippen molar-refractivity contribution in [3.8, 4) is 5.75 Å². The molecule has 0 atom stereocenters. The third-order valence-corrected chi connectivity index (χ3v) is 4.13. The Labute approximate surface area is 126 Å². The zero-order chi connectivity index (χ0) is 14.8. The Balaban J connectivity index is 1.88. The van der Waals surface area contributed by atoms with E-state index in [1.165, 1.54) is 35.7 Å². The lowest BCUT2D eigenvalue weighted by atomic mass is 10.1. The van der Waals surface area contributed by atoms with Crippen molar-refractivity contribution >= 4 is 16.5 Å². The van der Waals surface area contributed by atoms with Gasteiger partial charge in [0, 0.05) is 29.8 Å². The summed E-state index contributed by atoms with van der Waals surface area (Å²) in [6.07, 6.45) is 8.02. The second-order valence-corrected chi connectivity index (χ2v) is 6.02. The normalized spacial score (nSPS) is 14.3. The van der Waals surface area contributed by atoms with Crippen LogP contribution in [0.4, 0.5) is 0 Å². The Morgan fingerprint density at radius 1 is 1.43 bits per heavy atom. The Bertz CT molecular complexity index is 676. The fourth-order valence-corrected chi connectivity index (χ4v) is 2.74. The molecule has 1 aromatic heterocycles. The average Bonchev–Trinajstić information content (AvgIpc) is 3.21. The van der Waals surface area contributed by atoms with Gasteiger partial charge < -0.3 is 9.30 Å². The smallest absolute Gasteiger partial charge is 0.121 e. The SMILES string of the molecule is C=CCn1cc(C(=C)C)c2ccc(OCCC3CC3)cc21. The van der Waals surface area contributed by atoms with Gasteiger partial charge in [0.05, 0.1) is 12.1 Å². The van der Waals surface area contributed by atoms with Crippen LogP contribution in [-0.2, 0) is 6.54 Å². The van der Waals surface area contributed by atoms with Gasteiger partial charge in [0.2, 0.25) is 0 Å². The van der Waals surface area contributed by atoms with Crippen molar-refractivity contribution in [3.63, 3.8) is 0 Å². The molecule has 2 nitrogen and oxygen atoms in total. The second-order valence-electron chi connectivity index (χ2n) is 6.02. The second kappa shape index (κ2) is 5.80. The highest BCUT2D eigenvalue weighted by molar-refractivity contribution is 5.93. The van der Waals surface area contributed by atoms with Gasteiger partial charge in [-0.25, -0.2) is 0 Å². The summed E-state index contributed by atoms with van der Waals surface area (Å²) in [5.74, 6) is 1.87. The number of aromatic nitrogens is 1. The van der Waals surface area contributed by atoms with Gasteiger partial charge in [-0.1, -0.05) is 25.5 Å². The van der Waals surface area contributed by atoms with Gasteiger partial charge in [0.1, 0.15) is 5.75 Å². The molecule has 21 heavy (non-hydrogen) atoms. The molecule has 0 bridgehead atoms. The molecule has 1 saturated carbocycles. The minimum absolute atomic E-state index is 0.801. The summed E-state index contributed by atoms with van der Waals surface area (Å²) in [7, 11) is 0. The minimum Gasteiger partial charge on any atom is -0.494 e. The van der Waals surface area contributed by atoms with E-state index in [1.807, 2.05) is 13.0 Å². The van der Waals surface area contributed by atoms with Crippen LogP contribution in [0.2, 0.25) is 0 Å². The van der Waals surface area contributed by atoms with E-state index >= 15 is 0 Å². The molecule has 3 rings (SSSR count). The van der Waals surface area contributed by atoms with Crippen LogP contribution >= 0.6 is 0 Å². The van der Waals surface area contributed by atoms with Crippen LogP contribution in [0, 0.1) is 5.92 Å². The zero-order valence-corrected chi connectivity index (χ0v) is 12.8. The molecule has 2 heteroatoms. The first-order valence-corrected chi connectivity index (χ1v) is 7.71. The van der Waals surface area contributed by atoms with Gasteiger partial charge in [-0.15, -0.1) is 6.58 Å². The lowest BCUT2D eigenvalue weighted by Gasteiger charge is -2.07. The van der Waals surface area contributed by atoms with Crippen molar-refractivity contribution in [1.82, 2.24) is 4.57 Å². The number of ether oxygens (including phenoxy) is 1. The zero-order valence-electron chi connectivity index (χ0n) is 12.8. The van der Waals surface area contributed by atoms with Gasteiger partial charge in [-0.2, -0.15) is 0 Å². The van der Waals surface area contributed by atoms with Crippen molar-refractivity contribution < 1.29 is 4.74 Å². The fraction of sp³-hybridized carbons (Fsp3) is 0.368. The van der Waals surface area contributed by atoms with Gasteiger partial charge in [0.25, 0.3) is 0 Å². The van der Waals surface area contributed by atoms with Crippen molar-refractivity contribution in [2.75, 3.05) is 6.61 Å². The Morgan fingerprint density at radius 3 is 2.90 bits per heavy atom. The quantitative estimate of drug-likeness (QED) is 0.648. The molecular formula is C19H23NO. The highest BCUT2D eigenvalue weighted by Gasteiger charge is 2.20. The van der Waals surface area contributed by atoms with E-state index in [4.69, 9.17) is 4.74 Å². The average molecular weight is 281 g/mol. The fourth-order valence-electron chi connectivity index (χ4n) is 2.74. The van der Waals surface area contributed by atoms with Gasteiger partial charge >= 0.3 is 0 Å². The van der Waals surface area contributed by atoms with Crippen LogP contribution in [-0.4, -0.2) is 11.2 Å². The number of rotatable bonds is 7. The van der Waals surface area contributed by atoms with E-state index in [1.54, 1.807) is 0 Å². The van der Waals surface area contributed by atoms with Gasteiger partial charge in [-0.05, 0) is 37.0 Å². The molecule has 0 spiro atoms. The molecule has 0 radical (unpaired) electrons. The van der Waals surface area contributed by atoms with Crippen molar-refractivity contribution in [3.05, 3.63) is 49.2 Å². The number of allylic oxidation sites excluding steroid dienone is 2. The molecule has 110 valence electrons. The molecule has 0 N–H and O–H groups in total. The van der Waals surface area contributed by atoms with Crippen LogP contribution in [0.3, 0.4) is 0 Å². The lowest BCUT2D eigenvalue weighted by Crippen LogP contribution is -1.98. The summed E-state index contributed by atoms with van der Waals surface area (Å²) in [6.45, 7) is 11.6. The summed E-state index contributed by atoms with van der Waals surface area (Å²) < 4.78 is 8.11. The molecule has 1 fully saturated rings. The highest BCUT2D eigenvalue weighted by atomic mass is 16.5. The maximum Gasteiger partial charge on any atom is 0.121 e. The molecule has 0 amide bonds. The van der Waals surface area contributed by atoms with Gasteiger partial charge in [0.15, 0.2) is 0 Å². The summed E-state index contributed by atoms with van der Waals surface area (Å²) in [6, 6.07) is 6.35. The number of hydrogen-bond acceptors (Lipinski definition) is 1. The third-order valence-electron chi connectivity index (χ3n) is 4.13. The van der Waals surface area contributed by atoms with E-state index in [-0.39, 0.29) is 0 Å². The molecule has 1 aliphatic carbocycles. The predicted molar refractivity (Wildman–Crippen MR) is 89.7 cm³/mol. The number of benzene rings is 1. The molecule has 2 aromatic rings. The summed E-state index contributed by atoms with van der Waals surface area (Å²) in [5.41, 5.74) is 3.48. The van der Waals surface area contributed by atoms with Crippen molar-refractivity contribution in [2.45, 2.75) is 32.7 Å². The van der Waals surface area contributed by atoms with E-state index in [0.717, 1.165) is 30.4 Å². The van der Waals surface area contributed by atoms with E-state index in [2.05, 4.69) is 42.1 Å². The summed E-state index contributed by atoms with van der Waals surface area (Å²) in [4.78, 5) is 0. The Morgan fingerprint density at radius 2 is 2.24 bits per heavy atom. The summed E-state index contributed by atoms with van der Waals surface area (Å²) in [5, 5.41) is 1.24. The molecule has 1 aromatic carbocycles. The largest absolute Gasteiger partial charge is 0.494 e. The molecule has 0 aliphatic heterocycles. The highest BCUT2D eigenvalue weighted by Crippen LogP contribution is 2.33.